The van der Waals surface area contributed by atoms with E-state index in [1.165, 1.54) is 0 Å². The maximum atomic E-state index is 6.01. The van der Waals surface area contributed by atoms with Crippen LogP contribution in [0.15, 0.2) is 12.1 Å². The molecule has 98 valence electrons. The molecule has 0 atom stereocenters. The molecule has 0 radical (unpaired) electrons. The summed E-state index contributed by atoms with van der Waals surface area (Å²) in [6.45, 7) is 8.89. The highest BCUT2D eigenvalue weighted by Gasteiger charge is 2.21. The van der Waals surface area contributed by atoms with E-state index in [1.807, 2.05) is 39.8 Å². The highest BCUT2D eigenvalue weighted by molar-refractivity contribution is 5.65. The Labute approximate surface area is 109 Å². The highest BCUT2D eigenvalue weighted by atomic mass is 16.5. The Bertz CT molecular complexity index is 431. The Morgan fingerprint density at radius 1 is 1.17 bits per heavy atom. The van der Waals surface area contributed by atoms with E-state index >= 15 is 0 Å². The largest absolute Gasteiger partial charge is 0.492 e. The molecule has 0 saturated carbocycles. The van der Waals surface area contributed by atoms with Crippen LogP contribution in [0.4, 0.5) is 5.69 Å². The lowest BCUT2D eigenvalue weighted by Crippen LogP contribution is -2.15. The Morgan fingerprint density at radius 3 is 1.94 bits per heavy atom. The van der Waals surface area contributed by atoms with Crippen molar-refractivity contribution in [2.24, 2.45) is 0 Å². The summed E-state index contributed by atoms with van der Waals surface area (Å²) in [7, 11) is 0. The van der Waals surface area contributed by atoms with E-state index in [-0.39, 0.29) is 5.41 Å². The van der Waals surface area contributed by atoms with Crippen molar-refractivity contribution < 1.29 is 9.47 Å². The molecule has 0 bridgehead atoms. The van der Waals surface area contributed by atoms with Crippen molar-refractivity contribution in [2.45, 2.75) is 33.1 Å². The van der Waals surface area contributed by atoms with E-state index < -0.39 is 0 Å². The van der Waals surface area contributed by atoms with Crippen LogP contribution in [0.25, 0.3) is 0 Å². The molecule has 2 N–H and O–H groups in total. The third-order valence-corrected chi connectivity index (χ3v) is 2.79. The smallest absolute Gasteiger partial charge is 0.146 e. The SMILES string of the molecule is C#CC(C)(C)c1cc(OCC)c(N)c(OCC)c1. The van der Waals surface area contributed by atoms with Gasteiger partial charge in [-0.3, -0.25) is 0 Å². The molecule has 18 heavy (non-hydrogen) atoms. The molecule has 0 aliphatic heterocycles. The number of nitrogen functional groups attached to an aromatic ring is 1. The Balaban J connectivity index is 3.33. The van der Waals surface area contributed by atoms with Crippen LogP contribution in [0.5, 0.6) is 11.5 Å². The predicted octanol–water partition coefficient (Wildman–Crippen LogP) is 2.98. The van der Waals surface area contributed by atoms with Gasteiger partial charge in [0.1, 0.15) is 17.2 Å². The molecule has 1 aromatic carbocycles. The van der Waals surface area contributed by atoms with Crippen molar-refractivity contribution in [3.63, 3.8) is 0 Å². The van der Waals surface area contributed by atoms with Gasteiger partial charge in [-0.05, 0) is 45.4 Å². The van der Waals surface area contributed by atoms with E-state index in [2.05, 4.69) is 5.92 Å². The summed E-state index contributed by atoms with van der Waals surface area (Å²) in [5.41, 5.74) is 7.11. The van der Waals surface area contributed by atoms with E-state index in [4.69, 9.17) is 21.6 Å². The van der Waals surface area contributed by atoms with Gasteiger partial charge < -0.3 is 15.2 Å². The van der Waals surface area contributed by atoms with Crippen molar-refractivity contribution in [1.29, 1.82) is 0 Å². The number of terminal acetylenes is 1. The van der Waals surface area contributed by atoms with Gasteiger partial charge >= 0.3 is 0 Å². The maximum absolute atomic E-state index is 6.01. The van der Waals surface area contributed by atoms with Crippen LogP contribution in [0.3, 0.4) is 0 Å². The van der Waals surface area contributed by atoms with E-state index in [9.17, 15) is 0 Å². The number of ether oxygens (including phenoxy) is 2. The van der Waals surface area contributed by atoms with Gasteiger partial charge in [0.2, 0.25) is 0 Å². The molecule has 0 heterocycles. The first-order valence-corrected chi connectivity index (χ1v) is 6.13. The summed E-state index contributed by atoms with van der Waals surface area (Å²) < 4.78 is 11.1. The summed E-state index contributed by atoms with van der Waals surface area (Å²) in [6.07, 6.45) is 5.56. The first kappa shape index (κ1) is 14.2. The molecule has 0 aromatic heterocycles. The minimum absolute atomic E-state index is 0.384. The Hall–Kier alpha value is -1.82. The van der Waals surface area contributed by atoms with E-state index in [0.717, 1.165) is 5.56 Å². The lowest BCUT2D eigenvalue weighted by atomic mass is 9.85. The van der Waals surface area contributed by atoms with Crippen LogP contribution in [-0.4, -0.2) is 13.2 Å². The number of anilines is 1. The summed E-state index contributed by atoms with van der Waals surface area (Å²) in [5, 5.41) is 0. The molecule has 0 spiro atoms. The molecule has 0 unspecified atom stereocenters. The molecule has 0 aliphatic carbocycles. The average Bonchev–Trinajstić information content (AvgIpc) is 2.34. The average molecular weight is 247 g/mol. The summed E-state index contributed by atoms with van der Waals surface area (Å²) in [4.78, 5) is 0. The van der Waals surface area contributed by atoms with E-state index in [1.54, 1.807) is 0 Å². The molecular weight excluding hydrogens is 226 g/mol. The second kappa shape index (κ2) is 5.68. The fraction of sp³-hybridized carbons (Fsp3) is 0.467. The van der Waals surface area contributed by atoms with Crippen LogP contribution < -0.4 is 15.2 Å². The third-order valence-electron chi connectivity index (χ3n) is 2.79. The van der Waals surface area contributed by atoms with E-state index in [0.29, 0.717) is 30.4 Å². The van der Waals surface area contributed by atoms with Crippen molar-refractivity contribution in [3.8, 4) is 23.8 Å². The van der Waals surface area contributed by atoms with Crippen molar-refractivity contribution in [1.82, 2.24) is 0 Å². The van der Waals surface area contributed by atoms with Crippen LogP contribution in [0.2, 0.25) is 0 Å². The van der Waals surface area contributed by atoms with Gasteiger partial charge in [-0.15, -0.1) is 6.42 Å². The van der Waals surface area contributed by atoms with Crippen LogP contribution in [0.1, 0.15) is 33.3 Å². The number of nitrogens with two attached hydrogens (primary N) is 1. The first-order valence-electron chi connectivity index (χ1n) is 6.13. The number of hydrogen-bond acceptors (Lipinski definition) is 3. The van der Waals surface area contributed by atoms with Gasteiger partial charge in [-0.25, -0.2) is 0 Å². The molecule has 1 rings (SSSR count). The number of rotatable bonds is 5. The Morgan fingerprint density at radius 2 is 1.61 bits per heavy atom. The Kier molecular flexibility index (Phi) is 4.49. The summed E-state index contributed by atoms with van der Waals surface area (Å²) in [5.74, 6) is 4.02. The van der Waals surface area contributed by atoms with Gasteiger partial charge in [0.05, 0.1) is 18.6 Å². The molecule has 0 fully saturated rings. The molecule has 1 aromatic rings. The van der Waals surface area contributed by atoms with Gasteiger partial charge in [0.15, 0.2) is 0 Å². The van der Waals surface area contributed by atoms with Gasteiger partial charge in [-0.1, -0.05) is 5.92 Å². The molecule has 0 saturated heterocycles. The fourth-order valence-electron chi connectivity index (χ4n) is 1.60. The van der Waals surface area contributed by atoms with Crippen LogP contribution >= 0.6 is 0 Å². The van der Waals surface area contributed by atoms with Crippen LogP contribution in [0, 0.1) is 12.3 Å². The minimum atomic E-state index is -0.384. The van der Waals surface area contributed by atoms with Gasteiger partial charge in [0.25, 0.3) is 0 Å². The minimum Gasteiger partial charge on any atom is -0.492 e. The monoisotopic (exact) mass is 247 g/mol. The van der Waals surface area contributed by atoms with Gasteiger partial charge in [-0.2, -0.15) is 0 Å². The number of benzene rings is 1. The molecule has 0 aliphatic rings. The topological polar surface area (TPSA) is 44.5 Å². The second-order valence-corrected chi connectivity index (χ2v) is 4.52. The van der Waals surface area contributed by atoms with Crippen molar-refractivity contribution in [3.05, 3.63) is 17.7 Å². The molecular formula is C15H21NO2. The zero-order chi connectivity index (χ0) is 13.8. The molecule has 3 nitrogen and oxygen atoms in total. The third kappa shape index (κ3) is 2.89. The summed E-state index contributed by atoms with van der Waals surface area (Å²) in [6, 6.07) is 3.78. The van der Waals surface area contributed by atoms with Crippen molar-refractivity contribution >= 4 is 5.69 Å². The molecule has 3 heteroatoms. The number of hydrogen-bond donors (Lipinski definition) is 1. The maximum Gasteiger partial charge on any atom is 0.146 e. The zero-order valence-corrected chi connectivity index (χ0v) is 11.5. The van der Waals surface area contributed by atoms with Crippen molar-refractivity contribution in [2.75, 3.05) is 18.9 Å². The lowest BCUT2D eigenvalue weighted by Gasteiger charge is -2.21. The predicted molar refractivity (Wildman–Crippen MR) is 75.1 cm³/mol. The van der Waals surface area contributed by atoms with Crippen LogP contribution in [-0.2, 0) is 5.41 Å². The normalized spacial score (nSPS) is 10.8. The second-order valence-electron chi connectivity index (χ2n) is 4.52. The standard InChI is InChI=1S/C15H21NO2/c1-6-15(4,5)11-9-12(17-7-2)14(16)13(10-11)18-8-3/h1,9-10H,7-8,16H2,2-5H3. The fourth-order valence-corrected chi connectivity index (χ4v) is 1.60. The zero-order valence-electron chi connectivity index (χ0n) is 11.5. The van der Waals surface area contributed by atoms with Gasteiger partial charge in [0, 0.05) is 0 Å². The lowest BCUT2D eigenvalue weighted by molar-refractivity contribution is 0.325. The quantitative estimate of drug-likeness (QED) is 0.642. The highest BCUT2D eigenvalue weighted by Crippen LogP contribution is 2.37. The molecule has 0 amide bonds. The first-order chi connectivity index (χ1) is 8.46. The summed E-state index contributed by atoms with van der Waals surface area (Å²) >= 11 is 0.